The monoisotopic (exact) mass is 311 g/mol. The molecule has 122 valence electrons. The number of unbranched alkanes of at least 4 members (excludes halogenated alkanes) is 1. The minimum absolute atomic E-state index is 0.563. The van der Waals surface area contributed by atoms with Crippen molar-refractivity contribution in [3.63, 3.8) is 0 Å². The van der Waals surface area contributed by atoms with Gasteiger partial charge in [0.15, 0.2) is 11.6 Å². The largest absolute Gasteiger partial charge is 0.494 e. The van der Waals surface area contributed by atoms with Crippen LogP contribution in [0.2, 0.25) is 0 Å². The van der Waals surface area contributed by atoms with Crippen LogP contribution in [-0.2, 0) is 12.8 Å². The van der Waals surface area contributed by atoms with Gasteiger partial charge in [0.05, 0.1) is 19.5 Å². The molecule has 1 N–H and O–H groups in total. The Morgan fingerprint density at radius 2 is 2.09 bits per heavy atom. The number of ether oxygens (including phenoxy) is 1. The fourth-order valence-corrected chi connectivity index (χ4v) is 3.22. The summed E-state index contributed by atoms with van der Waals surface area (Å²) in [7, 11) is 1.63. The molecule has 0 saturated carbocycles. The predicted molar refractivity (Wildman–Crippen MR) is 92.7 cm³/mol. The lowest BCUT2D eigenvalue weighted by Crippen LogP contribution is -2.35. The highest BCUT2D eigenvalue weighted by Crippen LogP contribution is 2.30. The third-order valence-electron chi connectivity index (χ3n) is 4.55. The van der Waals surface area contributed by atoms with Crippen LogP contribution in [0.1, 0.15) is 37.3 Å². The zero-order chi connectivity index (χ0) is 16.1. The quantitative estimate of drug-likeness (QED) is 0.831. The van der Waals surface area contributed by atoms with E-state index in [0.717, 1.165) is 30.8 Å². The van der Waals surface area contributed by atoms with Gasteiger partial charge in [-0.25, -0.2) is 9.97 Å². The maximum Gasteiger partial charge on any atom is 0.159 e. The summed E-state index contributed by atoms with van der Waals surface area (Å²) in [6.07, 6.45) is 9.36. The van der Waals surface area contributed by atoms with Crippen molar-refractivity contribution >= 4 is 0 Å². The lowest BCUT2D eigenvalue weighted by atomic mass is 9.85. The van der Waals surface area contributed by atoms with Crippen molar-refractivity contribution in [2.75, 3.05) is 13.7 Å². The molecule has 0 fully saturated rings. The van der Waals surface area contributed by atoms with Crippen molar-refractivity contribution in [1.82, 2.24) is 15.3 Å². The van der Waals surface area contributed by atoms with E-state index in [4.69, 9.17) is 4.74 Å². The number of aryl methyl sites for hydroxylation is 1. The van der Waals surface area contributed by atoms with Crippen molar-refractivity contribution in [1.29, 1.82) is 0 Å². The van der Waals surface area contributed by atoms with Gasteiger partial charge >= 0.3 is 0 Å². The average molecular weight is 311 g/mol. The standard InChI is InChI=1S/C19H25N3O/c1-3-4-10-20-15-9-8-14-6-5-7-17(18(14)11-15)19-21-12-16(23-2)13-22-19/h5-7,12-13,15,20H,3-4,8-11H2,1-2H3. The van der Waals surface area contributed by atoms with E-state index < -0.39 is 0 Å². The molecule has 23 heavy (non-hydrogen) atoms. The van der Waals surface area contributed by atoms with Gasteiger partial charge in [0, 0.05) is 11.6 Å². The number of hydrogen-bond donors (Lipinski definition) is 1. The normalized spacial score (nSPS) is 16.9. The smallest absolute Gasteiger partial charge is 0.159 e. The van der Waals surface area contributed by atoms with Crippen molar-refractivity contribution in [3.05, 3.63) is 41.7 Å². The molecule has 0 spiro atoms. The van der Waals surface area contributed by atoms with Gasteiger partial charge in [-0.3, -0.25) is 0 Å². The highest BCUT2D eigenvalue weighted by molar-refractivity contribution is 5.63. The van der Waals surface area contributed by atoms with E-state index in [2.05, 4.69) is 40.4 Å². The fraction of sp³-hybridized carbons (Fsp3) is 0.474. The van der Waals surface area contributed by atoms with Gasteiger partial charge in [-0.15, -0.1) is 0 Å². The molecule has 1 unspecified atom stereocenters. The SMILES string of the molecule is CCCCNC1CCc2cccc(-c3ncc(OC)cn3)c2C1. The number of nitrogens with zero attached hydrogens (tertiary/aromatic N) is 2. The predicted octanol–water partition coefficient (Wildman–Crippen LogP) is 3.40. The third-order valence-corrected chi connectivity index (χ3v) is 4.55. The summed E-state index contributed by atoms with van der Waals surface area (Å²) in [5, 5.41) is 3.70. The molecule has 1 aliphatic rings. The van der Waals surface area contributed by atoms with Gasteiger partial charge < -0.3 is 10.1 Å². The minimum atomic E-state index is 0.563. The van der Waals surface area contributed by atoms with E-state index in [1.807, 2.05) is 0 Å². The first-order valence-corrected chi connectivity index (χ1v) is 8.52. The highest BCUT2D eigenvalue weighted by atomic mass is 16.5. The Hall–Kier alpha value is -1.94. The highest BCUT2D eigenvalue weighted by Gasteiger charge is 2.21. The molecule has 0 bridgehead atoms. The summed E-state index contributed by atoms with van der Waals surface area (Å²) in [4.78, 5) is 8.94. The van der Waals surface area contributed by atoms with Crippen LogP contribution in [0.15, 0.2) is 30.6 Å². The number of nitrogens with one attached hydrogen (secondary N) is 1. The van der Waals surface area contributed by atoms with Crippen LogP contribution in [0.5, 0.6) is 5.75 Å². The Morgan fingerprint density at radius 1 is 1.26 bits per heavy atom. The second-order valence-electron chi connectivity index (χ2n) is 6.14. The Morgan fingerprint density at radius 3 is 2.83 bits per heavy atom. The zero-order valence-electron chi connectivity index (χ0n) is 14.0. The lowest BCUT2D eigenvalue weighted by Gasteiger charge is -2.27. The summed E-state index contributed by atoms with van der Waals surface area (Å²) in [5.41, 5.74) is 4.00. The van der Waals surface area contributed by atoms with E-state index in [1.54, 1.807) is 19.5 Å². The van der Waals surface area contributed by atoms with Gasteiger partial charge in [-0.1, -0.05) is 31.5 Å². The van der Waals surface area contributed by atoms with Crippen molar-refractivity contribution in [2.24, 2.45) is 0 Å². The first-order chi connectivity index (χ1) is 11.3. The number of fused-ring (bicyclic) bond motifs is 1. The molecule has 1 aliphatic carbocycles. The fourth-order valence-electron chi connectivity index (χ4n) is 3.22. The van der Waals surface area contributed by atoms with E-state index in [9.17, 15) is 0 Å². The molecule has 0 radical (unpaired) electrons. The Kier molecular flexibility index (Phi) is 5.23. The maximum absolute atomic E-state index is 5.15. The molecular weight excluding hydrogens is 286 g/mol. The summed E-state index contributed by atoms with van der Waals surface area (Å²) in [6.45, 7) is 3.34. The van der Waals surface area contributed by atoms with E-state index in [1.165, 1.54) is 30.4 Å². The van der Waals surface area contributed by atoms with Crippen LogP contribution in [0, 0.1) is 0 Å². The molecule has 1 heterocycles. The van der Waals surface area contributed by atoms with Gasteiger partial charge in [0.1, 0.15) is 0 Å². The van der Waals surface area contributed by atoms with Crippen LogP contribution in [0.25, 0.3) is 11.4 Å². The molecule has 4 nitrogen and oxygen atoms in total. The molecule has 3 rings (SSSR count). The Bertz CT molecular complexity index is 640. The van der Waals surface area contributed by atoms with Gasteiger partial charge in [0.2, 0.25) is 0 Å². The molecule has 1 atom stereocenters. The summed E-state index contributed by atoms with van der Waals surface area (Å²) in [5.74, 6) is 1.48. The van der Waals surface area contributed by atoms with Crippen LogP contribution in [-0.4, -0.2) is 29.7 Å². The van der Waals surface area contributed by atoms with E-state index in [0.29, 0.717) is 11.8 Å². The second kappa shape index (κ2) is 7.55. The van der Waals surface area contributed by atoms with E-state index in [-0.39, 0.29) is 0 Å². The van der Waals surface area contributed by atoms with Crippen LogP contribution >= 0.6 is 0 Å². The molecule has 1 aromatic heterocycles. The zero-order valence-corrected chi connectivity index (χ0v) is 14.0. The Labute approximate surface area is 138 Å². The van der Waals surface area contributed by atoms with Crippen molar-refractivity contribution < 1.29 is 4.74 Å². The first-order valence-electron chi connectivity index (χ1n) is 8.52. The molecule has 0 aliphatic heterocycles. The molecular formula is C19H25N3O. The number of benzene rings is 1. The van der Waals surface area contributed by atoms with Crippen molar-refractivity contribution in [2.45, 2.75) is 45.1 Å². The second-order valence-corrected chi connectivity index (χ2v) is 6.14. The van der Waals surface area contributed by atoms with E-state index >= 15 is 0 Å². The Balaban J connectivity index is 1.83. The molecule has 0 saturated heterocycles. The average Bonchev–Trinajstić information content (AvgIpc) is 2.61. The minimum Gasteiger partial charge on any atom is -0.494 e. The van der Waals surface area contributed by atoms with Crippen molar-refractivity contribution in [3.8, 4) is 17.1 Å². The lowest BCUT2D eigenvalue weighted by molar-refractivity contribution is 0.411. The summed E-state index contributed by atoms with van der Waals surface area (Å²) < 4.78 is 5.15. The maximum atomic E-state index is 5.15. The molecule has 1 aromatic carbocycles. The molecule has 2 aromatic rings. The number of aromatic nitrogens is 2. The molecule has 4 heteroatoms. The summed E-state index contributed by atoms with van der Waals surface area (Å²) >= 11 is 0. The third kappa shape index (κ3) is 3.70. The van der Waals surface area contributed by atoms with Crippen LogP contribution in [0.4, 0.5) is 0 Å². The molecule has 0 amide bonds. The number of hydrogen-bond acceptors (Lipinski definition) is 4. The number of methoxy groups -OCH3 is 1. The van der Waals surface area contributed by atoms with Gasteiger partial charge in [-0.05, 0) is 43.4 Å². The van der Waals surface area contributed by atoms with Crippen LogP contribution in [0.3, 0.4) is 0 Å². The first kappa shape index (κ1) is 15.9. The van der Waals surface area contributed by atoms with Gasteiger partial charge in [0.25, 0.3) is 0 Å². The topological polar surface area (TPSA) is 47.0 Å². The van der Waals surface area contributed by atoms with Crippen LogP contribution < -0.4 is 10.1 Å². The number of rotatable bonds is 6. The van der Waals surface area contributed by atoms with Gasteiger partial charge in [-0.2, -0.15) is 0 Å². The summed E-state index contributed by atoms with van der Waals surface area (Å²) in [6, 6.07) is 7.06.